The summed E-state index contributed by atoms with van der Waals surface area (Å²) >= 11 is 0. The highest BCUT2D eigenvalue weighted by molar-refractivity contribution is 5.99. The number of ketones is 1. The fraction of sp³-hybridized carbons (Fsp3) is 0.542. The Balaban J connectivity index is 0.00000166. The number of Topliss-reactive ketones (excluding diaryl/α,β-unsaturated/α-hetero) is 1. The molecule has 3 rings (SSSR count). The van der Waals surface area contributed by atoms with Crippen molar-refractivity contribution in [3.63, 3.8) is 0 Å². The summed E-state index contributed by atoms with van der Waals surface area (Å²) in [6.45, 7) is 12.5. The molecule has 0 aliphatic carbocycles. The summed E-state index contributed by atoms with van der Waals surface area (Å²) in [6.07, 6.45) is 0.276. The minimum atomic E-state index is -0.671. The van der Waals surface area contributed by atoms with Crippen LogP contribution < -0.4 is 10.2 Å². The Kier molecular flexibility index (Phi) is 8.39. The molecule has 2 aliphatic rings. The van der Waals surface area contributed by atoms with E-state index in [0.29, 0.717) is 18.5 Å². The summed E-state index contributed by atoms with van der Waals surface area (Å²) in [5, 5.41) is 2.90. The van der Waals surface area contributed by atoms with Gasteiger partial charge in [0.15, 0.2) is 5.78 Å². The minimum absolute atomic E-state index is 0.0541. The zero-order valence-electron chi connectivity index (χ0n) is 19.3. The Morgan fingerprint density at radius 3 is 2.39 bits per heavy atom. The number of hydrogen-bond donors (Lipinski definition) is 1. The predicted molar refractivity (Wildman–Crippen MR) is 122 cm³/mol. The van der Waals surface area contributed by atoms with E-state index in [1.54, 1.807) is 17.0 Å². The van der Waals surface area contributed by atoms with Crippen molar-refractivity contribution in [2.75, 3.05) is 32.1 Å². The lowest BCUT2D eigenvalue weighted by Gasteiger charge is -2.28. The zero-order valence-corrected chi connectivity index (χ0v) is 19.3. The molecule has 7 heteroatoms. The molecule has 2 fully saturated rings. The molecule has 0 bridgehead atoms. The van der Waals surface area contributed by atoms with Crippen LogP contribution in [0.5, 0.6) is 0 Å². The van der Waals surface area contributed by atoms with Crippen LogP contribution in [0.15, 0.2) is 37.4 Å². The van der Waals surface area contributed by atoms with Crippen LogP contribution in [-0.4, -0.2) is 67.9 Å². The Labute approximate surface area is 185 Å². The number of ether oxygens (including phenoxy) is 1. The molecular formula is C24H35N3O4. The Bertz CT molecular complexity index is 791. The number of anilines is 1. The van der Waals surface area contributed by atoms with E-state index in [9.17, 15) is 14.4 Å². The van der Waals surface area contributed by atoms with E-state index in [1.807, 2.05) is 51.9 Å². The Morgan fingerprint density at radius 2 is 1.84 bits per heavy atom. The zero-order chi connectivity index (χ0) is 23.3. The normalized spacial score (nSPS) is 23.1. The summed E-state index contributed by atoms with van der Waals surface area (Å²) < 4.78 is 5.59. The van der Waals surface area contributed by atoms with E-state index in [4.69, 9.17) is 4.74 Å². The van der Waals surface area contributed by atoms with Gasteiger partial charge in [0, 0.05) is 37.8 Å². The number of rotatable bonds is 6. The number of carbonyl (C=O) groups is 3. The number of likely N-dealkylation sites (tertiary alicyclic amines) is 1. The van der Waals surface area contributed by atoms with Gasteiger partial charge in [-0.2, -0.15) is 0 Å². The number of amides is 2. The quantitative estimate of drug-likeness (QED) is 0.703. The van der Waals surface area contributed by atoms with Gasteiger partial charge in [-0.1, -0.05) is 20.8 Å². The molecule has 2 saturated heterocycles. The smallest absolute Gasteiger partial charge is 0.251 e. The number of nitrogens with one attached hydrogen (secondary N) is 1. The topological polar surface area (TPSA) is 79.0 Å². The second-order valence-corrected chi connectivity index (χ2v) is 8.75. The number of fused-ring (bicyclic) bond motifs is 1. The lowest BCUT2D eigenvalue weighted by molar-refractivity contribution is -0.138. The van der Waals surface area contributed by atoms with Crippen molar-refractivity contribution in [3.8, 4) is 0 Å². The van der Waals surface area contributed by atoms with Gasteiger partial charge in [0.2, 0.25) is 5.91 Å². The van der Waals surface area contributed by atoms with Crippen LogP contribution in [0.2, 0.25) is 0 Å². The molecule has 2 aliphatic heterocycles. The third-order valence-corrected chi connectivity index (χ3v) is 5.68. The summed E-state index contributed by atoms with van der Waals surface area (Å²) in [6, 6.07) is 6.05. The highest BCUT2D eigenvalue weighted by Gasteiger charge is 2.51. The molecule has 0 saturated carbocycles. The first-order chi connectivity index (χ1) is 14.7. The molecule has 0 aromatic heterocycles. The molecule has 2 unspecified atom stereocenters. The maximum atomic E-state index is 13.3. The van der Waals surface area contributed by atoms with E-state index >= 15 is 0 Å². The van der Waals surface area contributed by atoms with Gasteiger partial charge in [0.25, 0.3) is 5.91 Å². The maximum Gasteiger partial charge on any atom is 0.251 e. The monoisotopic (exact) mass is 429 g/mol. The fourth-order valence-corrected chi connectivity index (χ4v) is 4.17. The molecule has 2 heterocycles. The average Bonchev–Trinajstić information content (AvgIpc) is 3.29. The number of nitrogens with zero attached hydrogens (tertiary/aromatic N) is 2. The molecule has 7 nitrogen and oxygen atoms in total. The highest BCUT2D eigenvalue weighted by atomic mass is 16.5. The van der Waals surface area contributed by atoms with Crippen molar-refractivity contribution in [3.05, 3.63) is 43.0 Å². The Hall–Kier alpha value is -2.67. The van der Waals surface area contributed by atoms with Gasteiger partial charge in [-0.25, -0.2) is 0 Å². The summed E-state index contributed by atoms with van der Waals surface area (Å²) in [7, 11) is 3.87. The van der Waals surface area contributed by atoms with E-state index in [1.165, 1.54) is 0 Å². The van der Waals surface area contributed by atoms with Gasteiger partial charge < -0.3 is 19.9 Å². The molecule has 1 aromatic rings. The van der Waals surface area contributed by atoms with E-state index in [2.05, 4.69) is 18.5 Å². The van der Waals surface area contributed by atoms with Gasteiger partial charge in [0.1, 0.15) is 18.7 Å². The van der Waals surface area contributed by atoms with E-state index in [0.717, 1.165) is 5.69 Å². The van der Waals surface area contributed by atoms with E-state index < -0.39 is 12.1 Å². The second kappa shape index (κ2) is 10.6. The van der Waals surface area contributed by atoms with Crippen molar-refractivity contribution in [2.24, 2.45) is 11.8 Å². The SMILES string of the molecule is C=C.CC(C)C[C@H](NC(=O)c1ccc(N(C)C)cc1)C(=O)N1CC(C)C2OCC(=O)[C@H]21. The molecule has 0 radical (unpaired) electrons. The molecule has 4 atom stereocenters. The first kappa shape index (κ1) is 24.6. The summed E-state index contributed by atoms with van der Waals surface area (Å²) in [4.78, 5) is 42.0. The van der Waals surface area contributed by atoms with Gasteiger partial charge >= 0.3 is 0 Å². The van der Waals surface area contributed by atoms with Crippen LogP contribution in [0.3, 0.4) is 0 Å². The largest absolute Gasteiger partial charge is 0.378 e. The van der Waals surface area contributed by atoms with Crippen LogP contribution >= 0.6 is 0 Å². The fourth-order valence-electron chi connectivity index (χ4n) is 4.17. The van der Waals surface area contributed by atoms with Crippen LogP contribution in [0.4, 0.5) is 5.69 Å². The summed E-state index contributed by atoms with van der Waals surface area (Å²) in [5.74, 6) is -0.222. The average molecular weight is 430 g/mol. The molecule has 1 N–H and O–H groups in total. The van der Waals surface area contributed by atoms with Crippen molar-refractivity contribution >= 4 is 23.3 Å². The first-order valence-corrected chi connectivity index (χ1v) is 10.7. The second-order valence-electron chi connectivity index (χ2n) is 8.75. The number of hydrogen-bond acceptors (Lipinski definition) is 5. The molecule has 1 aromatic carbocycles. The molecule has 170 valence electrons. The minimum Gasteiger partial charge on any atom is -0.378 e. The predicted octanol–water partition coefficient (Wildman–Crippen LogP) is 2.51. The third-order valence-electron chi connectivity index (χ3n) is 5.68. The van der Waals surface area contributed by atoms with Crippen LogP contribution in [0, 0.1) is 11.8 Å². The molecular weight excluding hydrogens is 394 g/mol. The molecule has 2 amide bonds. The van der Waals surface area contributed by atoms with Gasteiger partial charge in [0.05, 0.1) is 6.10 Å². The standard InChI is InChI=1S/C22H31N3O4.C2H4/c1-13(2)10-17(23-21(27)15-6-8-16(9-7-15)24(4)5)22(28)25-11-14(3)20-19(25)18(26)12-29-20;1-2/h6-9,13-14,17,19-20H,10-12H2,1-5H3,(H,23,27);1-2H2/t14?,17-,19+,20?;/m0./s1. The number of benzene rings is 1. The third kappa shape index (κ3) is 5.53. The van der Waals surface area contributed by atoms with Crippen molar-refractivity contribution in [2.45, 2.75) is 45.4 Å². The number of carbonyl (C=O) groups excluding carboxylic acids is 3. The first-order valence-electron chi connectivity index (χ1n) is 10.7. The van der Waals surface area contributed by atoms with Crippen molar-refractivity contribution in [1.82, 2.24) is 10.2 Å². The van der Waals surface area contributed by atoms with E-state index in [-0.39, 0.29) is 42.1 Å². The van der Waals surface area contributed by atoms with Crippen LogP contribution in [0.25, 0.3) is 0 Å². The maximum absolute atomic E-state index is 13.3. The van der Waals surface area contributed by atoms with Crippen molar-refractivity contribution in [1.29, 1.82) is 0 Å². The van der Waals surface area contributed by atoms with Crippen LogP contribution in [0.1, 0.15) is 37.6 Å². The van der Waals surface area contributed by atoms with Crippen LogP contribution in [-0.2, 0) is 14.3 Å². The van der Waals surface area contributed by atoms with Gasteiger partial charge in [-0.15, -0.1) is 13.2 Å². The van der Waals surface area contributed by atoms with Crippen molar-refractivity contribution < 1.29 is 19.1 Å². The molecule has 0 spiro atoms. The lowest BCUT2D eigenvalue weighted by Crippen LogP contribution is -2.52. The highest BCUT2D eigenvalue weighted by Crippen LogP contribution is 2.32. The van der Waals surface area contributed by atoms with Gasteiger partial charge in [-0.3, -0.25) is 14.4 Å². The Morgan fingerprint density at radius 1 is 1.23 bits per heavy atom. The molecule has 31 heavy (non-hydrogen) atoms. The lowest BCUT2D eigenvalue weighted by atomic mass is 10.0. The van der Waals surface area contributed by atoms with Gasteiger partial charge in [-0.05, 0) is 36.6 Å². The summed E-state index contributed by atoms with van der Waals surface area (Å²) in [5.41, 5.74) is 1.50.